The lowest BCUT2D eigenvalue weighted by molar-refractivity contribution is -0.116. The average Bonchev–Trinajstić information content (AvgIpc) is 3.78. The predicted molar refractivity (Wildman–Crippen MR) is 217 cm³/mol. The van der Waals surface area contributed by atoms with Crippen LogP contribution in [-0.4, -0.2) is 72.3 Å². The zero-order valence-electron chi connectivity index (χ0n) is 30.2. The number of aromatic nitrogens is 6. The molecule has 0 bridgehead atoms. The van der Waals surface area contributed by atoms with Gasteiger partial charge in [-0.15, -0.1) is 11.3 Å². The van der Waals surface area contributed by atoms with E-state index in [1.807, 2.05) is 80.6 Å². The lowest BCUT2D eigenvalue weighted by atomic mass is 10.00. The second-order valence-corrected chi connectivity index (χ2v) is 16.7. The van der Waals surface area contributed by atoms with E-state index >= 15 is 0 Å². The van der Waals surface area contributed by atoms with Crippen molar-refractivity contribution in [3.8, 4) is 11.4 Å². The Balaban J connectivity index is 0.000000167. The van der Waals surface area contributed by atoms with Gasteiger partial charge in [0.25, 0.3) is 0 Å². The van der Waals surface area contributed by atoms with E-state index in [1.165, 1.54) is 17.0 Å². The number of hydrogen-bond acceptors (Lipinski definition) is 15. The molecular weight excluding hydrogens is 743 g/mol. The first-order chi connectivity index (χ1) is 25.8. The van der Waals surface area contributed by atoms with E-state index in [4.69, 9.17) is 15.1 Å². The number of carbonyl (C=O) groups excluding carboxylic acids is 1. The molecule has 4 N–H and O–H groups in total. The van der Waals surface area contributed by atoms with Gasteiger partial charge in [0.15, 0.2) is 10.3 Å². The number of sulfonamides is 1. The number of nitrogens with one attached hydrogen (secondary N) is 2. The number of anilines is 6. The molecule has 17 heteroatoms. The van der Waals surface area contributed by atoms with Crippen LogP contribution in [0.25, 0.3) is 32.5 Å². The molecule has 1 aliphatic rings. The second kappa shape index (κ2) is 15.0. The standard InChI is InChI=1S/C20H21N5OS.C17H16N6O2S2/c1-12(26)9-13-5-4-6-15(10-13)22-19-21-11-14-7-8-16-18(17(14)23-19)24-20(27-16)25(2)3;1-23(2)17-22-15-13(26-17)7-6-10-9-19-16(21-14(10)15)20-11-4-3-5-12(8-11)27(18,24)25/h4-6,10-11H,7-9H2,1-3H3,(H,21,22,23);3-9H,1-2H3,(H2,18,24,25)(H,19,20,21). The zero-order valence-corrected chi connectivity index (χ0v) is 32.6. The fourth-order valence-electron chi connectivity index (χ4n) is 5.77. The largest absolute Gasteiger partial charge is 0.354 e. The summed E-state index contributed by atoms with van der Waals surface area (Å²) in [5.41, 5.74) is 6.94. The number of fused-ring (bicyclic) bond motifs is 6. The van der Waals surface area contributed by atoms with E-state index in [-0.39, 0.29) is 10.7 Å². The van der Waals surface area contributed by atoms with Crippen LogP contribution in [0.5, 0.6) is 0 Å². The van der Waals surface area contributed by atoms with E-state index in [9.17, 15) is 13.2 Å². The van der Waals surface area contributed by atoms with E-state index in [0.717, 1.165) is 72.4 Å². The smallest absolute Gasteiger partial charge is 0.238 e. The average molecular weight is 780 g/mol. The third-order valence-corrected chi connectivity index (χ3v) is 11.7. The highest BCUT2D eigenvalue weighted by Gasteiger charge is 2.24. The Bertz CT molecular complexity index is 2640. The number of rotatable bonds is 9. The van der Waals surface area contributed by atoms with Gasteiger partial charge in [-0.05, 0) is 73.4 Å². The summed E-state index contributed by atoms with van der Waals surface area (Å²) < 4.78 is 24.1. The first-order valence-electron chi connectivity index (χ1n) is 16.8. The molecule has 0 amide bonds. The van der Waals surface area contributed by atoms with E-state index in [2.05, 4.69) is 30.6 Å². The summed E-state index contributed by atoms with van der Waals surface area (Å²) in [6.07, 6.45) is 5.95. The maximum Gasteiger partial charge on any atom is 0.238 e. The first kappa shape index (κ1) is 36.7. The van der Waals surface area contributed by atoms with Crippen LogP contribution in [0.1, 0.15) is 22.9 Å². The number of nitrogens with zero attached hydrogens (tertiary/aromatic N) is 8. The van der Waals surface area contributed by atoms with Crippen molar-refractivity contribution in [2.75, 3.05) is 48.6 Å². The number of aryl methyl sites for hydroxylation is 2. The highest BCUT2D eigenvalue weighted by molar-refractivity contribution is 7.89. The fourth-order valence-corrected chi connectivity index (χ4v) is 8.20. The Labute approximate surface area is 320 Å². The van der Waals surface area contributed by atoms with Crippen molar-refractivity contribution >= 4 is 93.1 Å². The van der Waals surface area contributed by atoms with Gasteiger partial charge in [0.05, 0.1) is 15.3 Å². The predicted octanol–water partition coefficient (Wildman–Crippen LogP) is 6.34. The van der Waals surface area contributed by atoms with Crippen LogP contribution in [0.3, 0.4) is 0 Å². The first-order valence-corrected chi connectivity index (χ1v) is 20.0. The number of hydrogen-bond donors (Lipinski definition) is 3. The van der Waals surface area contributed by atoms with Crippen molar-refractivity contribution in [3.05, 3.63) is 89.1 Å². The summed E-state index contributed by atoms with van der Waals surface area (Å²) in [6, 6.07) is 18.0. The maximum absolute atomic E-state index is 11.5. The summed E-state index contributed by atoms with van der Waals surface area (Å²) in [6.45, 7) is 1.60. The van der Waals surface area contributed by atoms with Gasteiger partial charge in [0, 0.05) is 68.6 Å². The van der Waals surface area contributed by atoms with Crippen molar-refractivity contribution in [1.29, 1.82) is 0 Å². The lowest BCUT2D eigenvalue weighted by Crippen LogP contribution is -2.12. The van der Waals surface area contributed by atoms with Gasteiger partial charge >= 0.3 is 0 Å². The van der Waals surface area contributed by atoms with Gasteiger partial charge in [-0.25, -0.2) is 43.5 Å². The molecule has 14 nitrogen and oxygen atoms in total. The van der Waals surface area contributed by atoms with Crippen molar-refractivity contribution in [2.45, 2.75) is 31.1 Å². The monoisotopic (exact) mass is 779 g/mol. The Hall–Kier alpha value is -5.62. The molecule has 0 atom stereocenters. The Morgan fingerprint density at radius 1 is 0.778 bits per heavy atom. The lowest BCUT2D eigenvalue weighted by Gasteiger charge is -2.15. The van der Waals surface area contributed by atoms with Gasteiger partial charge < -0.3 is 20.4 Å². The van der Waals surface area contributed by atoms with Gasteiger partial charge in [0.1, 0.15) is 22.5 Å². The van der Waals surface area contributed by atoms with Crippen molar-refractivity contribution < 1.29 is 13.2 Å². The summed E-state index contributed by atoms with van der Waals surface area (Å²) >= 11 is 3.31. The molecule has 0 unspecified atom stereocenters. The molecule has 0 saturated carbocycles. The third-order valence-electron chi connectivity index (χ3n) is 8.31. The summed E-state index contributed by atoms with van der Waals surface area (Å²) in [5, 5.41) is 14.2. The molecule has 7 aromatic rings. The molecule has 1 aliphatic carbocycles. The van der Waals surface area contributed by atoms with Crippen LogP contribution < -0.4 is 25.6 Å². The number of Topliss-reactive ketones (excluding diaryl/α,β-unsaturated/α-hetero) is 1. The molecule has 0 fully saturated rings. The Morgan fingerprint density at radius 3 is 2.19 bits per heavy atom. The Morgan fingerprint density at radius 2 is 1.46 bits per heavy atom. The van der Waals surface area contributed by atoms with Crippen LogP contribution >= 0.6 is 22.7 Å². The van der Waals surface area contributed by atoms with Crippen molar-refractivity contribution in [2.24, 2.45) is 5.14 Å². The summed E-state index contributed by atoms with van der Waals surface area (Å²) in [7, 11) is 4.12. The number of benzene rings is 3. The molecular formula is C37H37N11O3S3. The van der Waals surface area contributed by atoms with Crippen LogP contribution in [0.4, 0.5) is 33.5 Å². The number of primary sulfonamides is 1. The zero-order chi connectivity index (χ0) is 38.1. The van der Waals surface area contributed by atoms with Crippen molar-refractivity contribution in [1.82, 2.24) is 29.9 Å². The van der Waals surface area contributed by atoms with E-state index in [1.54, 1.807) is 47.9 Å². The number of carbonyl (C=O) groups is 1. The highest BCUT2D eigenvalue weighted by Crippen LogP contribution is 2.38. The molecule has 4 heterocycles. The normalized spacial score (nSPS) is 12.0. The Kier molecular flexibility index (Phi) is 10.2. The number of thiazole rings is 2. The van der Waals surface area contributed by atoms with Crippen LogP contribution in [-0.2, 0) is 34.1 Å². The van der Waals surface area contributed by atoms with Crippen LogP contribution in [0.15, 0.2) is 78.0 Å². The molecule has 4 aromatic heterocycles. The van der Waals surface area contributed by atoms with Crippen molar-refractivity contribution in [3.63, 3.8) is 0 Å². The van der Waals surface area contributed by atoms with Gasteiger partial charge in [-0.1, -0.05) is 29.5 Å². The molecule has 276 valence electrons. The minimum atomic E-state index is -3.78. The topological polar surface area (TPSA) is 185 Å². The fraction of sp³-hybridized carbons (Fsp3) is 0.216. The van der Waals surface area contributed by atoms with Gasteiger partial charge in [-0.3, -0.25) is 4.79 Å². The third kappa shape index (κ3) is 8.13. The molecule has 8 rings (SSSR count). The molecule has 0 spiro atoms. The number of ketones is 1. The second-order valence-electron chi connectivity index (χ2n) is 13.1. The maximum atomic E-state index is 11.5. The van der Waals surface area contributed by atoms with E-state index in [0.29, 0.717) is 24.0 Å². The molecule has 0 radical (unpaired) electrons. The minimum absolute atomic E-state index is 0.0193. The number of nitrogens with two attached hydrogens (primary N) is 1. The minimum Gasteiger partial charge on any atom is -0.354 e. The SMILES string of the molecule is CC(=O)Cc1cccc(Nc2ncc3c(n2)-c2nc(N(C)C)sc2CC3)c1.CN(C)c1nc2c(ccc3cnc(Nc4cccc(S(N)(=O)=O)c4)nc32)s1. The summed E-state index contributed by atoms with van der Waals surface area (Å²) in [5.74, 6) is 1.03. The van der Waals surface area contributed by atoms with Gasteiger partial charge in [-0.2, -0.15) is 0 Å². The quantitative estimate of drug-likeness (QED) is 0.148. The highest BCUT2D eigenvalue weighted by atomic mass is 32.2. The molecule has 0 aliphatic heterocycles. The molecule has 0 saturated heterocycles. The molecule has 3 aromatic carbocycles. The van der Waals surface area contributed by atoms with Crippen LogP contribution in [0, 0.1) is 0 Å². The van der Waals surface area contributed by atoms with Gasteiger partial charge in [0.2, 0.25) is 21.9 Å². The molecule has 54 heavy (non-hydrogen) atoms. The van der Waals surface area contributed by atoms with E-state index < -0.39 is 10.0 Å². The summed E-state index contributed by atoms with van der Waals surface area (Å²) in [4.78, 5) is 44.2. The van der Waals surface area contributed by atoms with Crippen LogP contribution in [0.2, 0.25) is 0 Å².